The Bertz CT molecular complexity index is 852. The second-order valence-corrected chi connectivity index (χ2v) is 6.34. The summed E-state index contributed by atoms with van der Waals surface area (Å²) in [6, 6.07) is 12.6. The third kappa shape index (κ3) is 3.22. The number of hydrogen-bond acceptors (Lipinski definition) is 6. The number of piperidine rings is 1. The molecular weight excluding hydrogens is 316 g/mol. The van der Waals surface area contributed by atoms with Crippen molar-refractivity contribution in [1.29, 1.82) is 0 Å². The van der Waals surface area contributed by atoms with Crippen LogP contribution in [-0.4, -0.2) is 46.1 Å². The summed E-state index contributed by atoms with van der Waals surface area (Å²) in [6.07, 6.45) is 2.15. The first kappa shape index (κ1) is 15.7. The molecule has 0 unspecified atom stereocenters. The Morgan fingerprint density at radius 3 is 2.52 bits per heavy atom. The number of hydrogen-bond donors (Lipinski definition) is 1. The maximum atomic E-state index is 5.23. The molecule has 0 spiro atoms. The zero-order valence-electron chi connectivity index (χ0n) is 14.5. The first-order valence-electron chi connectivity index (χ1n) is 8.57. The topological polar surface area (TPSA) is 67.6 Å². The summed E-state index contributed by atoms with van der Waals surface area (Å²) < 4.78 is 7.00. The average molecular weight is 338 g/mol. The number of anilines is 2. The van der Waals surface area contributed by atoms with Crippen LogP contribution in [0.4, 0.5) is 11.5 Å². The molecule has 7 heteroatoms. The van der Waals surface area contributed by atoms with Crippen molar-refractivity contribution in [3.63, 3.8) is 0 Å². The van der Waals surface area contributed by atoms with Gasteiger partial charge in [-0.15, -0.1) is 15.3 Å². The highest BCUT2D eigenvalue weighted by Crippen LogP contribution is 2.24. The van der Waals surface area contributed by atoms with E-state index in [2.05, 4.69) is 37.6 Å². The summed E-state index contributed by atoms with van der Waals surface area (Å²) in [5, 5.41) is 16.2. The maximum absolute atomic E-state index is 5.23. The molecule has 0 saturated carbocycles. The minimum atomic E-state index is 0.427. The van der Waals surface area contributed by atoms with Gasteiger partial charge in [-0.1, -0.05) is 0 Å². The van der Waals surface area contributed by atoms with E-state index in [9.17, 15) is 0 Å². The molecule has 0 radical (unpaired) electrons. The minimum Gasteiger partial charge on any atom is -0.497 e. The number of rotatable bonds is 4. The van der Waals surface area contributed by atoms with Crippen molar-refractivity contribution in [1.82, 2.24) is 19.8 Å². The summed E-state index contributed by atoms with van der Waals surface area (Å²) in [6.45, 7) is 3.96. The highest BCUT2D eigenvalue weighted by Gasteiger charge is 2.20. The van der Waals surface area contributed by atoms with E-state index in [4.69, 9.17) is 4.74 Å². The van der Waals surface area contributed by atoms with E-state index in [0.29, 0.717) is 6.04 Å². The van der Waals surface area contributed by atoms with Gasteiger partial charge in [-0.25, -0.2) is 0 Å². The number of nitrogens with zero attached hydrogens (tertiary/aromatic N) is 5. The molecule has 2 aromatic heterocycles. The number of ether oxygens (including phenoxy) is 1. The van der Waals surface area contributed by atoms with Gasteiger partial charge in [-0.3, -0.25) is 0 Å². The fourth-order valence-corrected chi connectivity index (χ4v) is 3.26. The van der Waals surface area contributed by atoms with E-state index in [0.717, 1.165) is 49.0 Å². The van der Waals surface area contributed by atoms with E-state index in [1.165, 1.54) is 5.69 Å². The molecule has 25 heavy (non-hydrogen) atoms. The molecule has 0 amide bonds. The lowest BCUT2D eigenvalue weighted by molar-refractivity contribution is 0.414. The van der Waals surface area contributed by atoms with Crippen LogP contribution in [0.15, 0.2) is 36.4 Å². The zero-order valence-corrected chi connectivity index (χ0v) is 14.5. The zero-order chi connectivity index (χ0) is 17.2. The summed E-state index contributed by atoms with van der Waals surface area (Å²) >= 11 is 0. The second kappa shape index (κ2) is 6.58. The van der Waals surface area contributed by atoms with Gasteiger partial charge in [0.2, 0.25) is 0 Å². The van der Waals surface area contributed by atoms with Gasteiger partial charge in [-0.2, -0.15) is 4.52 Å². The van der Waals surface area contributed by atoms with Gasteiger partial charge in [0.15, 0.2) is 11.5 Å². The van der Waals surface area contributed by atoms with Crippen LogP contribution in [0.1, 0.15) is 18.7 Å². The van der Waals surface area contributed by atoms with Crippen LogP contribution in [0.3, 0.4) is 0 Å². The van der Waals surface area contributed by atoms with E-state index >= 15 is 0 Å². The Balaban J connectivity index is 1.38. The Morgan fingerprint density at radius 2 is 1.80 bits per heavy atom. The van der Waals surface area contributed by atoms with Gasteiger partial charge in [0.25, 0.3) is 0 Å². The Kier molecular flexibility index (Phi) is 4.13. The number of nitrogens with one attached hydrogen (secondary N) is 1. The number of fused-ring (bicyclic) bond motifs is 1. The summed E-state index contributed by atoms with van der Waals surface area (Å²) in [4.78, 5) is 2.41. The molecule has 0 atom stereocenters. The molecule has 130 valence electrons. The summed E-state index contributed by atoms with van der Waals surface area (Å²) in [5.74, 6) is 2.57. The molecule has 3 aromatic rings. The van der Waals surface area contributed by atoms with Crippen molar-refractivity contribution < 1.29 is 4.74 Å². The molecule has 0 aliphatic carbocycles. The molecular formula is C18H22N6O. The molecule has 0 bridgehead atoms. The van der Waals surface area contributed by atoms with Crippen molar-refractivity contribution in [2.75, 3.05) is 30.4 Å². The van der Waals surface area contributed by atoms with Crippen LogP contribution in [-0.2, 0) is 0 Å². The van der Waals surface area contributed by atoms with Gasteiger partial charge in [0, 0.05) is 24.8 Å². The SMILES string of the molecule is COc1ccc(N2CCC(Nc3ccc4nnc(C)n4n3)CC2)cc1. The van der Waals surface area contributed by atoms with Crippen molar-refractivity contribution in [3.05, 3.63) is 42.2 Å². The Morgan fingerprint density at radius 1 is 1.04 bits per heavy atom. The van der Waals surface area contributed by atoms with Crippen molar-refractivity contribution in [2.24, 2.45) is 0 Å². The van der Waals surface area contributed by atoms with Crippen LogP contribution < -0.4 is 15.0 Å². The van der Waals surface area contributed by atoms with Gasteiger partial charge in [-0.05, 0) is 56.2 Å². The minimum absolute atomic E-state index is 0.427. The Hall–Kier alpha value is -2.83. The van der Waals surface area contributed by atoms with Crippen LogP contribution in [0.2, 0.25) is 0 Å². The highest BCUT2D eigenvalue weighted by molar-refractivity contribution is 5.50. The van der Waals surface area contributed by atoms with Gasteiger partial charge in [0.05, 0.1) is 7.11 Å². The first-order chi connectivity index (χ1) is 12.2. The molecule has 7 nitrogen and oxygen atoms in total. The normalized spacial score (nSPS) is 15.5. The van der Waals surface area contributed by atoms with E-state index in [-0.39, 0.29) is 0 Å². The first-order valence-corrected chi connectivity index (χ1v) is 8.57. The lowest BCUT2D eigenvalue weighted by Crippen LogP contribution is -2.39. The van der Waals surface area contributed by atoms with Crippen LogP contribution in [0.5, 0.6) is 5.75 Å². The second-order valence-electron chi connectivity index (χ2n) is 6.34. The molecule has 1 fully saturated rings. The summed E-state index contributed by atoms with van der Waals surface area (Å²) in [7, 11) is 1.69. The maximum Gasteiger partial charge on any atom is 0.178 e. The molecule has 1 aliphatic rings. The molecule has 1 N–H and O–H groups in total. The molecule has 1 aromatic carbocycles. The van der Waals surface area contributed by atoms with Crippen LogP contribution in [0, 0.1) is 6.92 Å². The van der Waals surface area contributed by atoms with Crippen molar-refractivity contribution in [3.8, 4) is 5.75 Å². The standard InChI is InChI=1S/C18H22N6O/c1-13-20-21-18-8-7-17(22-24(13)18)19-14-9-11-23(12-10-14)15-3-5-16(25-2)6-4-15/h3-8,14H,9-12H2,1-2H3,(H,19,22). The predicted molar refractivity (Wildman–Crippen MR) is 97.4 cm³/mol. The fraction of sp³-hybridized carbons (Fsp3) is 0.389. The third-order valence-electron chi connectivity index (χ3n) is 4.70. The largest absolute Gasteiger partial charge is 0.497 e. The van der Waals surface area contributed by atoms with Crippen LogP contribution >= 0.6 is 0 Å². The van der Waals surface area contributed by atoms with E-state index in [1.54, 1.807) is 11.6 Å². The number of aromatic nitrogens is 4. The van der Waals surface area contributed by atoms with Gasteiger partial charge in [0.1, 0.15) is 11.6 Å². The monoisotopic (exact) mass is 338 g/mol. The van der Waals surface area contributed by atoms with Gasteiger partial charge < -0.3 is 15.0 Å². The fourth-order valence-electron chi connectivity index (χ4n) is 3.26. The van der Waals surface area contributed by atoms with Crippen molar-refractivity contribution >= 4 is 17.2 Å². The smallest absolute Gasteiger partial charge is 0.178 e. The van der Waals surface area contributed by atoms with Crippen LogP contribution in [0.25, 0.3) is 5.65 Å². The van der Waals surface area contributed by atoms with E-state index in [1.807, 2.05) is 31.2 Å². The van der Waals surface area contributed by atoms with E-state index < -0.39 is 0 Å². The third-order valence-corrected chi connectivity index (χ3v) is 4.70. The lowest BCUT2D eigenvalue weighted by Gasteiger charge is -2.34. The number of aryl methyl sites for hydroxylation is 1. The lowest BCUT2D eigenvalue weighted by atomic mass is 10.0. The molecule has 3 heterocycles. The van der Waals surface area contributed by atoms with Crippen molar-refractivity contribution in [2.45, 2.75) is 25.8 Å². The quantitative estimate of drug-likeness (QED) is 0.788. The molecule has 4 rings (SSSR count). The van der Waals surface area contributed by atoms with Gasteiger partial charge >= 0.3 is 0 Å². The number of benzene rings is 1. The number of methoxy groups -OCH3 is 1. The Labute approximate surface area is 146 Å². The summed E-state index contributed by atoms with van der Waals surface area (Å²) in [5.41, 5.74) is 2.02. The predicted octanol–water partition coefficient (Wildman–Crippen LogP) is 2.52. The molecule has 1 aliphatic heterocycles. The average Bonchev–Trinajstić information content (AvgIpc) is 3.03. The highest BCUT2D eigenvalue weighted by atomic mass is 16.5. The molecule has 1 saturated heterocycles.